The smallest absolute Gasteiger partial charge is 0.230 e. The molecular formula is C12H18FN3OS. The van der Waals surface area contributed by atoms with Crippen LogP contribution in [-0.2, 0) is 11.3 Å². The Morgan fingerprint density at radius 1 is 1.61 bits per heavy atom. The molecule has 100 valence electrons. The van der Waals surface area contributed by atoms with Gasteiger partial charge >= 0.3 is 0 Å². The van der Waals surface area contributed by atoms with Gasteiger partial charge in [-0.2, -0.15) is 9.37 Å². The lowest BCUT2D eigenvalue weighted by molar-refractivity contribution is -0.114. The number of aromatic nitrogens is 1. The van der Waals surface area contributed by atoms with Crippen molar-refractivity contribution in [1.82, 2.24) is 9.88 Å². The van der Waals surface area contributed by atoms with E-state index in [1.807, 2.05) is 0 Å². The van der Waals surface area contributed by atoms with Crippen molar-refractivity contribution in [2.45, 2.75) is 45.7 Å². The van der Waals surface area contributed by atoms with Gasteiger partial charge in [-0.3, -0.25) is 9.69 Å². The molecular weight excluding hydrogens is 253 g/mol. The average molecular weight is 271 g/mol. The number of rotatable bonds is 3. The van der Waals surface area contributed by atoms with Gasteiger partial charge in [0.15, 0.2) is 5.13 Å². The summed E-state index contributed by atoms with van der Waals surface area (Å²) in [5.41, 5.74) is 0. The monoisotopic (exact) mass is 271 g/mol. The number of hydrogen-bond donors (Lipinski definition) is 1. The predicted octanol–water partition coefficient (Wildman–Crippen LogP) is 2.62. The standard InChI is InChI=1S/C12H18FN3OS/c1-8-5-3-4-6-16(8)7-10-11(13)15-12(18-10)14-9(2)17/h8H,3-7H2,1-2H3,(H,14,15,17). The van der Waals surface area contributed by atoms with Gasteiger partial charge in [0.2, 0.25) is 11.9 Å². The first-order valence-electron chi connectivity index (χ1n) is 6.23. The lowest BCUT2D eigenvalue weighted by Crippen LogP contribution is -2.36. The molecule has 1 aliphatic rings. The Hall–Kier alpha value is -1.01. The van der Waals surface area contributed by atoms with Crippen molar-refractivity contribution in [3.63, 3.8) is 0 Å². The van der Waals surface area contributed by atoms with Crippen LogP contribution in [0.25, 0.3) is 0 Å². The van der Waals surface area contributed by atoms with E-state index in [4.69, 9.17) is 0 Å². The third-order valence-corrected chi connectivity index (χ3v) is 4.15. The number of nitrogens with one attached hydrogen (secondary N) is 1. The van der Waals surface area contributed by atoms with Gasteiger partial charge in [0.25, 0.3) is 0 Å². The third-order valence-electron chi connectivity index (χ3n) is 3.22. The van der Waals surface area contributed by atoms with Crippen LogP contribution in [0.3, 0.4) is 0 Å². The van der Waals surface area contributed by atoms with Gasteiger partial charge < -0.3 is 5.32 Å². The maximum Gasteiger partial charge on any atom is 0.230 e. The molecule has 1 unspecified atom stereocenters. The highest BCUT2D eigenvalue weighted by atomic mass is 32.1. The first-order valence-corrected chi connectivity index (χ1v) is 7.04. The Balaban J connectivity index is 2.04. The Morgan fingerprint density at radius 3 is 3.06 bits per heavy atom. The van der Waals surface area contributed by atoms with Crippen molar-refractivity contribution in [2.24, 2.45) is 0 Å². The van der Waals surface area contributed by atoms with Crippen molar-refractivity contribution in [2.75, 3.05) is 11.9 Å². The SMILES string of the molecule is CC(=O)Nc1nc(F)c(CN2CCCCC2C)s1. The van der Waals surface area contributed by atoms with Gasteiger partial charge in [0, 0.05) is 19.5 Å². The van der Waals surface area contributed by atoms with Gasteiger partial charge in [0.05, 0.1) is 4.88 Å². The minimum absolute atomic E-state index is 0.221. The minimum Gasteiger partial charge on any atom is -0.302 e. The predicted molar refractivity (Wildman–Crippen MR) is 70.1 cm³/mol. The first kappa shape index (κ1) is 13.4. The highest BCUT2D eigenvalue weighted by molar-refractivity contribution is 7.15. The van der Waals surface area contributed by atoms with Crippen LogP contribution in [0.2, 0.25) is 0 Å². The molecule has 1 amide bonds. The summed E-state index contributed by atoms with van der Waals surface area (Å²) in [6.45, 7) is 5.16. The fraction of sp³-hybridized carbons (Fsp3) is 0.667. The maximum absolute atomic E-state index is 13.7. The molecule has 0 aromatic carbocycles. The zero-order valence-electron chi connectivity index (χ0n) is 10.7. The quantitative estimate of drug-likeness (QED) is 0.919. The molecule has 0 aliphatic carbocycles. The molecule has 2 rings (SSSR count). The summed E-state index contributed by atoms with van der Waals surface area (Å²) in [5.74, 6) is -0.678. The van der Waals surface area contributed by atoms with E-state index in [0.29, 0.717) is 22.6 Å². The molecule has 1 aliphatic heterocycles. The second-order valence-corrected chi connectivity index (χ2v) is 5.81. The van der Waals surface area contributed by atoms with Crippen LogP contribution in [0.15, 0.2) is 0 Å². The molecule has 1 aromatic rings. The highest BCUT2D eigenvalue weighted by Crippen LogP contribution is 2.26. The van der Waals surface area contributed by atoms with E-state index < -0.39 is 5.95 Å². The fourth-order valence-corrected chi connectivity index (χ4v) is 3.13. The summed E-state index contributed by atoms with van der Waals surface area (Å²) in [7, 11) is 0. The highest BCUT2D eigenvalue weighted by Gasteiger charge is 2.21. The summed E-state index contributed by atoms with van der Waals surface area (Å²) in [6.07, 6.45) is 3.59. The molecule has 2 heterocycles. The normalized spacial score (nSPS) is 20.9. The molecule has 1 saturated heterocycles. The van der Waals surface area contributed by atoms with Crippen molar-refractivity contribution in [1.29, 1.82) is 0 Å². The number of anilines is 1. The molecule has 0 bridgehead atoms. The maximum atomic E-state index is 13.7. The molecule has 1 atom stereocenters. The van der Waals surface area contributed by atoms with Gasteiger partial charge in [-0.1, -0.05) is 17.8 Å². The summed E-state index contributed by atoms with van der Waals surface area (Å²) in [6, 6.07) is 0.490. The van der Waals surface area contributed by atoms with Crippen LogP contribution in [0.1, 0.15) is 38.0 Å². The molecule has 18 heavy (non-hydrogen) atoms. The number of piperidine rings is 1. The fourth-order valence-electron chi connectivity index (χ4n) is 2.21. The van der Waals surface area contributed by atoms with Crippen molar-refractivity contribution in [3.05, 3.63) is 10.8 Å². The Kier molecular flexibility index (Phi) is 4.29. The van der Waals surface area contributed by atoms with Gasteiger partial charge in [-0.15, -0.1) is 0 Å². The van der Waals surface area contributed by atoms with E-state index in [1.54, 1.807) is 0 Å². The van der Waals surface area contributed by atoms with Crippen LogP contribution in [0.5, 0.6) is 0 Å². The summed E-state index contributed by atoms with van der Waals surface area (Å²) in [4.78, 5) is 17.5. The van der Waals surface area contributed by atoms with E-state index in [-0.39, 0.29) is 5.91 Å². The Morgan fingerprint density at radius 2 is 2.39 bits per heavy atom. The Labute approximate surface area is 110 Å². The van der Waals surface area contributed by atoms with E-state index in [2.05, 4.69) is 22.1 Å². The zero-order chi connectivity index (χ0) is 13.1. The first-order chi connectivity index (χ1) is 8.56. The number of carbonyl (C=O) groups is 1. The topological polar surface area (TPSA) is 45.2 Å². The summed E-state index contributed by atoms with van der Waals surface area (Å²) < 4.78 is 13.7. The number of halogens is 1. The van der Waals surface area contributed by atoms with Crippen LogP contribution >= 0.6 is 11.3 Å². The number of carbonyl (C=O) groups excluding carboxylic acids is 1. The number of likely N-dealkylation sites (tertiary alicyclic amines) is 1. The molecule has 1 N–H and O–H groups in total. The molecule has 6 heteroatoms. The molecule has 0 spiro atoms. The molecule has 0 radical (unpaired) electrons. The molecule has 4 nitrogen and oxygen atoms in total. The lowest BCUT2D eigenvalue weighted by atomic mass is 10.0. The van der Waals surface area contributed by atoms with Crippen LogP contribution < -0.4 is 5.32 Å². The second kappa shape index (κ2) is 5.75. The molecule has 0 saturated carbocycles. The minimum atomic E-state index is -0.457. The molecule has 1 fully saturated rings. The van der Waals surface area contributed by atoms with Gasteiger partial charge in [-0.25, -0.2) is 0 Å². The lowest BCUT2D eigenvalue weighted by Gasteiger charge is -2.32. The third kappa shape index (κ3) is 3.26. The number of nitrogens with zero attached hydrogens (tertiary/aromatic N) is 2. The second-order valence-electron chi connectivity index (χ2n) is 4.73. The van der Waals surface area contributed by atoms with Crippen LogP contribution in [0.4, 0.5) is 9.52 Å². The van der Waals surface area contributed by atoms with Crippen LogP contribution in [-0.4, -0.2) is 28.4 Å². The van der Waals surface area contributed by atoms with Gasteiger partial charge in [0.1, 0.15) is 0 Å². The van der Waals surface area contributed by atoms with E-state index in [0.717, 1.165) is 6.54 Å². The molecule has 1 aromatic heterocycles. The van der Waals surface area contributed by atoms with E-state index in [9.17, 15) is 9.18 Å². The number of thiazole rings is 1. The summed E-state index contributed by atoms with van der Waals surface area (Å²) in [5, 5.41) is 2.87. The van der Waals surface area contributed by atoms with Crippen LogP contribution in [0, 0.1) is 5.95 Å². The number of hydrogen-bond acceptors (Lipinski definition) is 4. The zero-order valence-corrected chi connectivity index (χ0v) is 11.5. The summed E-state index contributed by atoms with van der Waals surface area (Å²) >= 11 is 1.22. The van der Waals surface area contributed by atoms with Gasteiger partial charge in [-0.05, 0) is 26.3 Å². The van der Waals surface area contributed by atoms with E-state index >= 15 is 0 Å². The van der Waals surface area contributed by atoms with Crippen molar-refractivity contribution >= 4 is 22.4 Å². The Bertz CT molecular complexity index is 435. The average Bonchev–Trinajstić information content (AvgIpc) is 2.61. The largest absolute Gasteiger partial charge is 0.302 e. The van der Waals surface area contributed by atoms with E-state index in [1.165, 1.54) is 37.5 Å². The van der Waals surface area contributed by atoms with Crippen molar-refractivity contribution in [3.8, 4) is 0 Å². The number of amides is 1. The van der Waals surface area contributed by atoms with Crippen molar-refractivity contribution < 1.29 is 9.18 Å².